The number of anilines is 2. The zero-order valence-electron chi connectivity index (χ0n) is 15.7. The number of rotatable bonds is 5. The third-order valence-corrected chi connectivity index (χ3v) is 6.01. The number of pyridine rings is 2. The molecule has 5 rings (SSSR count). The SMILES string of the molecule is O=c1ccccn1-c1ccc(N[C@H]2CC[C@H](Nc3ncc4sccc4n3)C2)nc1. The summed E-state index contributed by atoms with van der Waals surface area (Å²) in [6.07, 6.45) is 8.43. The van der Waals surface area contributed by atoms with Crippen LogP contribution in [0.2, 0.25) is 0 Å². The molecule has 1 saturated carbocycles. The van der Waals surface area contributed by atoms with Gasteiger partial charge in [0.05, 0.1) is 28.3 Å². The summed E-state index contributed by atoms with van der Waals surface area (Å²) in [5, 5.41) is 8.99. The molecule has 0 unspecified atom stereocenters. The average molecular weight is 404 g/mol. The molecule has 0 saturated heterocycles. The number of hydrogen-bond acceptors (Lipinski definition) is 7. The van der Waals surface area contributed by atoms with E-state index in [1.54, 1.807) is 34.4 Å². The number of nitrogens with one attached hydrogen (secondary N) is 2. The first-order valence-corrected chi connectivity index (χ1v) is 10.5. The lowest BCUT2D eigenvalue weighted by molar-refractivity contribution is 0.717. The Morgan fingerprint density at radius 3 is 2.72 bits per heavy atom. The maximum atomic E-state index is 11.9. The van der Waals surface area contributed by atoms with Gasteiger partial charge in [-0.05, 0) is 48.9 Å². The molecule has 0 aliphatic heterocycles. The van der Waals surface area contributed by atoms with Crippen LogP contribution in [0.25, 0.3) is 15.9 Å². The van der Waals surface area contributed by atoms with Crippen molar-refractivity contribution in [1.82, 2.24) is 19.5 Å². The summed E-state index contributed by atoms with van der Waals surface area (Å²) < 4.78 is 2.69. The molecule has 2 N–H and O–H groups in total. The Morgan fingerprint density at radius 2 is 1.90 bits per heavy atom. The highest BCUT2D eigenvalue weighted by atomic mass is 32.1. The van der Waals surface area contributed by atoms with Gasteiger partial charge in [-0.2, -0.15) is 0 Å². The zero-order valence-corrected chi connectivity index (χ0v) is 16.5. The van der Waals surface area contributed by atoms with Crippen LogP contribution in [0.4, 0.5) is 11.8 Å². The summed E-state index contributed by atoms with van der Waals surface area (Å²) in [4.78, 5) is 25.4. The largest absolute Gasteiger partial charge is 0.367 e. The van der Waals surface area contributed by atoms with E-state index in [4.69, 9.17) is 0 Å². The second-order valence-corrected chi connectivity index (χ2v) is 8.12. The van der Waals surface area contributed by atoms with E-state index in [9.17, 15) is 4.79 Å². The van der Waals surface area contributed by atoms with Crippen molar-refractivity contribution in [1.29, 1.82) is 0 Å². The lowest BCUT2D eigenvalue weighted by Gasteiger charge is -2.15. The molecule has 0 radical (unpaired) electrons. The molecule has 1 aliphatic rings. The van der Waals surface area contributed by atoms with Gasteiger partial charge in [0.1, 0.15) is 5.82 Å². The molecule has 29 heavy (non-hydrogen) atoms. The summed E-state index contributed by atoms with van der Waals surface area (Å²) in [6.45, 7) is 0. The predicted molar refractivity (Wildman–Crippen MR) is 116 cm³/mol. The molecule has 1 aliphatic carbocycles. The molecule has 1 fully saturated rings. The number of fused-ring (bicyclic) bond motifs is 1. The van der Waals surface area contributed by atoms with Gasteiger partial charge in [-0.3, -0.25) is 9.36 Å². The van der Waals surface area contributed by atoms with E-state index in [1.807, 2.05) is 35.8 Å². The highest BCUT2D eigenvalue weighted by Crippen LogP contribution is 2.26. The maximum Gasteiger partial charge on any atom is 0.255 e. The van der Waals surface area contributed by atoms with E-state index in [-0.39, 0.29) is 5.56 Å². The number of aromatic nitrogens is 4. The van der Waals surface area contributed by atoms with Crippen molar-refractivity contribution in [2.75, 3.05) is 10.6 Å². The van der Waals surface area contributed by atoms with Gasteiger partial charge in [-0.1, -0.05) is 6.07 Å². The third-order valence-electron chi connectivity index (χ3n) is 5.17. The summed E-state index contributed by atoms with van der Waals surface area (Å²) >= 11 is 1.65. The summed E-state index contributed by atoms with van der Waals surface area (Å²) in [6, 6.07) is 11.6. The van der Waals surface area contributed by atoms with Gasteiger partial charge in [0.2, 0.25) is 5.95 Å². The van der Waals surface area contributed by atoms with Crippen molar-refractivity contribution in [3.8, 4) is 5.69 Å². The third kappa shape index (κ3) is 3.84. The number of hydrogen-bond donors (Lipinski definition) is 2. The highest BCUT2D eigenvalue weighted by Gasteiger charge is 2.25. The zero-order chi connectivity index (χ0) is 19.6. The van der Waals surface area contributed by atoms with Gasteiger partial charge in [-0.25, -0.2) is 15.0 Å². The molecule has 8 heteroatoms. The van der Waals surface area contributed by atoms with Crippen LogP contribution >= 0.6 is 11.3 Å². The quantitative estimate of drug-likeness (QED) is 0.528. The minimum absolute atomic E-state index is 0.0671. The topological polar surface area (TPSA) is 84.7 Å². The highest BCUT2D eigenvalue weighted by molar-refractivity contribution is 7.17. The Hall–Kier alpha value is -3.26. The van der Waals surface area contributed by atoms with Crippen molar-refractivity contribution in [2.24, 2.45) is 0 Å². The van der Waals surface area contributed by atoms with Gasteiger partial charge in [0, 0.05) is 24.3 Å². The maximum absolute atomic E-state index is 11.9. The predicted octanol–water partition coefficient (Wildman–Crippen LogP) is 3.68. The Labute approximate surface area is 171 Å². The minimum atomic E-state index is -0.0671. The van der Waals surface area contributed by atoms with Gasteiger partial charge in [0.15, 0.2) is 0 Å². The van der Waals surface area contributed by atoms with Crippen molar-refractivity contribution >= 4 is 33.3 Å². The number of nitrogens with zero attached hydrogens (tertiary/aromatic N) is 4. The van der Waals surface area contributed by atoms with Crippen LogP contribution in [0.3, 0.4) is 0 Å². The molecule has 146 valence electrons. The lowest BCUT2D eigenvalue weighted by atomic mass is 10.2. The van der Waals surface area contributed by atoms with Crippen LogP contribution in [0.5, 0.6) is 0 Å². The molecule has 4 aromatic heterocycles. The molecule has 0 amide bonds. The van der Waals surface area contributed by atoms with Crippen LogP contribution in [-0.4, -0.2) is 31.6 Å². The van der Waals surface area contributed by atoms with E-state index < -0.39 is 0 Å². The Morgan fingerprint density at radius 1 is 1.00 bits per heavy atom. The molecule has 4 aromatic rings. The minimum Gasteiger partial charge on any atom is -0.367 e. The number of thiophene rings is 1. The smallest absolute Gasteiger partial charge is 0.255 e. The van der Waals surface area contributed by atoms with Gasteiger partial charge in [-0.15, -0.1) is 11.3 Å². The Balaban J connectivity index is 1.20. The monoisotopic (exact) mass is 404 g/mol. The molecule has 0 bridgehead atoms. The standard InChI is InChI=1S/C21H20N6OS/c28-20-3-1-2-9-27(20)16-6-7-19(22-12-16)24-14-4-5-15(11-14)25-21-23-13-18-17(26-21)8-10-29-18/h1-3,6-10,12-15H,4-5,11H2,(H,22,24)(H,23,25,26)/t14-,15-/m0/s1. The average Bonchev–Trinajstić information content (AvgIpc) is 3.38. The first kappa shape index (κ1) is 17.8. The second kappa shape index (κ2) is 7.63. The second-order valence-electron chi connectivity index (χ2n) is 7.17. The van der Waals surface area contributed by atoms with Crippen molar-refractivity contribution < 1.29 is 0 Å². The van der Waals surface area contributed by atoms with Crippen molar-refractivity contribution in [3.63, 3.8) is 0 Å². The molecular weight excluding hydrogens is 384 g/mol. The fourth-order valence-corrected chi connectivity index (χ4v) is 4.42. The molecule has 2 atom stereocenters. The van der Waals surface area contributed by atoms with E-state index >= 15 is 0 Å². The molecular formula is C21H20N6OS. The van der Waals surface area contributed by atoms with Crippen LogP contribution in [0, 0.1) is 0 Å². The fraction of sp³-hybridized carbons (Fsp3) is 0.238. The summed E-state index contributed by atoms with van der Waals surface area (Å²) in [5.41, 5.74) is 1.68. The molecule has 7 nitrogen and oxygen atoms in total. The van der Waals surface area contributed by atoms with Crippen LogP contribution < -0.4 is 16.2 Å². The molecule has 0 spiro atoms. The van der Waals surface area contributed by atoms with Crippen LogP contribution in [0.1, 0.15) is 19.3 Å². The van der Waals surface area contributed by atoms with E-state index in [1.165, 1.54) is 6.07 Å². The fourth-order valence-electron chi connectivity index (χ4n) is 3.73. The molecule has 0 aromatic carbocycles. The van der Waals surface area contributed by atoms with Crippen molar-refractivity contribution in [2.45, 2.75) is 31.3 Å². The van der Waals surface area contributed by atoms with E-state index in [0.29, 0.717) is 18.0 Å². The van der Waals surface area contributed by atoms with Crippen LogP contribution in [-0.2, 0) is 0 Å². The van der Waals surface area contributed by atoms with Crippen molar-refractivity contribution in [3.05, 3.63) is 70.7 Å². The summed E-state index contributed by atoms with van der Waals surface area (Å²) in [7, 11) is 0. The van der Waals surface area contributed by atoms with Gasteiger partial charge in [0.25, 0.3) is 5.56 Å². The lowest BCUT2D eigenvalue weighted by Crippen LogP contribution is -2.22. The Bertz CT molecular complexity index is 1190. The van der Waals surface area contributed by atoms with E-state index in [2.05, 4.69) is 25.6 Å². The first-order chi connectivity index (χ1) is 14.2. The van der Waals surface area contributed by atoms with Gasteiger partial charge < -0.3 is 10.6 Å². The normalized spacial score (nSPS) is 18.8. The molecule has 4 heterocycles. The van der Waals surface area contributed by atoms with Gasteiger partial charge >= 0.3 is 0 Å². The van der Waals surface area contributed by atoms with E-state index in [0.717, 1.165) is 41.0 Å². The summed E-state index contributed by atoms with van der Waals surface area (Å²) in [5.74, 6) is 1.51. The Kier molecular flexibility index (Phi) is 4.69. The van der Waals surface area contributed by atoms with Crippen LogP contribution in [0.15, 0.2) is 65.2 Å². The first-order valence-electron chi connectivity index (χ1n) is 9.62.